The van der Waals surface area contributed by atoms with Crippen molar-refractivity contribution in [2.24, 2.45) is 46.3 Å². The Labute approximate surface area is 254 Å². The fourth-order valence-electron chi connectivity index (χ4n) is 9.04. The molecule has 1 aromatic rings. The number of aliphatic hydroxyl groups is 1. The molecule has 43 heavy (non-hydrogen) atoms. The number of hydrogen-bond donors (Lipinski definition) is 2. The topological polar surface area (TPSA) is 143 Å². The van der Waals surface area contributed by atoms with E-state index < -0.39 is 69.0 Å². The molecule has 8 nitrogen and oxygen atoms in total. The van der Waals surface area contributed by atoms with Gasteiger partial charge in [0.2, 0.25) is 0 Å². The first-order valence-corrected chi connectivity index (χ1v) is 15.5. The molecule has 8 heteroatoms. The molecule has 0 bridgehead atoms. The Morgan fingerprint density at radius 3 is 2.14 bits per heavy atom. The maximum atomic E-state index is 14.5. The van der Waals surface area contributed by atoms with Gasteiger partial charge in [0.15, 0.2) is 28.7 Å². The molecular weight excluding hydrogens is 548 g/mol. The van der Waals surface area contributed by atoms with Crippen LogP contribution in [0.3, 0.4) is 0 Å². The number of carbonyl (C=O) groups is 6. The first-order valence-electron chi connectivity index (χ1n) is 15.5. The van der Waals surface area contributed by atoms with Crippen LogP contribution in [-0.2, 0) is 36.8 Å². The quantitative estimate of drug-likeness (QED) is 0.328. The van der Waals surface area contributed by atoms with Crippen molar-refractivity contribution in [2.45, 2.75) is 99.5 Å². The maximum absolute atomic E-state index is 14.5. The molecule has 4 rings (SSSR count). The molecule has 0 heterocycles. The van der Waals surface area contributed by atoms with E-state index in [9.17, 15) is 39.0 Å². The lowest BCUT2D eigenvalue weighted by atomic mass is 9.39. The number of aldehydes is 1. The van der Waals surface area contributed by atoms with Crippen LogP contribution in [0.1, 0.15) is 108 Å². The average Bonchev–Trinajstić information content (AvgIpc) is 2.86. The van der Waals surface area contributed by atoms with E-state index in [4.69, 9.17) is 0 Å². The minimum atomic E-state index is -2.72. The van der Waals surface area contributed by atoms with Crippen molar-refractivity contribution < 1.29 is 39.0 Å². The number of phenols is 1. The number of ketones is 5. The lowest BCUT2D eigenvalue weighted by Crippen LogP contribution is -2.76. The number of Topliss-reactive ketones (excluding diaryl/α,β-unsaturated/α-hetero) is 5. The number of phenolic OH excluding ortho intramolecular Hbond substituents is 1. The van der Waals surface area contributed by atoms with Crippen LogP contribution in [-0.4, -0.2) is 51.0 Å². The third-order valence-electron chi connectivity index (χ3n) is 10.6. The van der Waals surface area contributed by atoms with E-state index in [-0.39, 0.29) is 48.3 Å². The molecule has 0 radical (unpaired) electrons. The Bertz CT molecular complexity index is 1420. The Morgan fingerprint density at radius 1 is 1.05 bits per heavy atom. The fraction of sp³-hybridized carbons (Fsp3) is 0.657. The molecule has 3 aliphatic carbocycles. The van der Waals surface area contributed by atoms with Crippen LogP contribution in [0.5, 0.6) is 5.75 Å². The van der Waals surface area contributed by atoms with E-state index in [2.05, 4.69) is 0 Å². The van der Waals surface area contributed by atoms with Crippen LogP contribution in [0.2, 0.25) is 0 Å². The normalized spacial score (nSPS) is 33.0. The van der Waals surface area contributed by atoms with Gasteiger partial charge in [0.1, 0.15) is 23.7 Å². The average molecular weight is 595 g/mol. The van der Waals surface area contributed by atoms with Crippen molar-refractivity contribution in [1.29, 1.82) is 0 Å². The summed E-state index contributed by atoms with van der Waals surface area (Å²) in [7, 11) is 0. The van der Waals surface area contributed by atoms with Gasteiger partial charge in [0.05, 0.1) is 11.5 Å². The standard InChI is InChI=1S/C35H46O8/c1-16(2)10-20(14-36)11-21-12-22(17(3)4)23-13-33(8)15-34(9)26(18(5)6)29(39)24(19(7)37)31(41)35(34,43)32(42)27(33)30(40)25(23)28(21)38/h12,14,16-18,20,24,26-27,38,43H,10-11,13,15H2,1-9H3/t20?,24?,26?,27?,33-,34-,35+/m1/s1. The summed E-state index contributed by atoms with van der Waals surface area (Å²) in [5, 5.41) is 23.8. The van der Waals surface area contributed by atoms with Crippen molar-refractivity contribution in [3.05, 3.63) is 28.3 Å². The summed E-state index contributed by atoms with van der Waals surface area (Å²) in [6.07, 6.45) is 1.92. The largest absolute Gasteiger partial charge is 0.507 e. The van der Waals surface area contributed by atoms with Gasteiger partial charge in [-0.15, -0.1) is 0 Å². The maximum Gasteiger partial charge on any atom is 0.190 e. The van der Waals surface area contributed by atoms with Crippen LogP contribution in [0, 0.1) is 46.3 Å². The second-order valence-corrected chi connectivity index (χ2v) is 15.0. The van der Waals surface area contributed by atoms with Gasteiger partial charge in [0, 0.05) is 17.3 Å². The first kappa shape index (κ1) is 32.9. The highest BCUT2D eigenvalue weighted by Gasteiger charge is 2.76. The third kappa shape index (κ3) is 4.66. The van der Waals surface area contributed by atoms with Crippen molar-refractivity contribution in [3.8, 4) is 5.75 Å². The lowest BCUT2D eigenvalue weighted by molar-refractivity contribution is -0.205. The summed E-state index contributed by atoms with van der Waals surface area (Å²) >= 11 is 0. The molecule has 7 atom stereocenters. The predicted molar refractivity (Wildman–Crippen MR) is 160 cm³/mol. The molecule has 2 N–H and O–H groups in total. The Kier molecular flexibility index (Phi) is 8.31. The molecule has 0 saturated heterocycles. The zero-order chi connectivity index (χ0) is 32.6. The summed E-state index contributed by atoms with van der Waals surface area (Å²) in [5.41, 5.74) is -3.45. The van der Waals surface area contributed by atoms with Crippen LogP contribution >= 0.6 is 0 Å². The van der Waals surface area contributed by atoms with E-state index in [1.807, 2.05) is 33.8 Å². The fourth-order valence-corrected chi connectivity index (χ4v) is 9.04. The van der Waals surface area contributed by atoms with Gasteiger partial charge in [-0.25, -0.2) is 0 Å². The highest BCUT2D eigenvalue weighted by molar-refractivity contribution is 6.32. The zero-order valence-corrected chi connectivity index (χ0v) is 26.9. The molecule has 3 aliphatic rings. The van der Waals surface area contributed by atoms with Crippen molar-refractivity contribution in [3.63, 3.8) is 0 Å². The number of rotatable bonds is 8. The lowest BCUT2D eigenvalue weighted by Gasteiger charge is -2.62. The van der Waals surface area contributed by atoms with Crippen molar-refractivity contribution >= 4 is 35.2 Å². The van der Waals surface area contributed by atoms with Crippen LogP contribution in [0.15, 0.2) is 6.07 Å². The molecular formula is C35H46O8. The Morgan fingerprint density at radius 2 is 1.65 bits per heavy atom. The number of fused-ring (bicyclic) bond motifs is 3. The monoisotopic (exact) mass is 594 g/mol. The van der Waals surface area contributed by atoms with Crippen molar-refractivity contribution in [1.82, 2.24) is 0 Å². The molecule has 2 fully saturated rings. The molecule has 1 aromatic carbocycles. The summed E-state index contributed by atoms with van der Waals surface area (Å²) in [5.74, 6) is -9.24. The Balaban J connectivity index is 1.95. The van der Waals surface area contributed by atoms with E-state index in [1.54, 1.807) is 27.7 Å². The van der Waals surface area contributed by atoms with Crippen LogP contribution < -0.4 is 0 Å². The van der Waals surface area contributed by atoms with E-state index in [1.165, 1.54) is 0 Å². The van der Waals surface area contributed by atoms with Gasteiger partial charge < -0.3 is 15.0 Å². The molecule has 2 saturated carbocycles. The van der Waals surface area contributed by atoms with Gasteiger partial charge in [-0.05, 0) is 72.5 Å². The number of hydrogen-bond acceptors (Lipinski definition) is 8. The zero-order valence-electron chi connectivity index (χ0n) is 26.9. The van der Waals surface area contributed by atoms with Gasteiger partial charge in [-0.3, -0.25) is 24.0 Å². The van der Waals surface area contributed by atoms with Gasteiger partial charge in [-0.2, -0.15) is 0 Å². The summed E-state index contributed by atoms with van der Waals surface area (Å²) in [6, 6.07) is 1.86. The van der Waals surface area contributed by atoms with Gasteiger partial charge in [0.25, 0.3) is 0 Å². The van der Waals surface area contributed by atoms with E-state index in [0.717, 1.165) is 18.8 Å². The second-order valence-electron chi connectivity index (χ2n) is 15.0. The molecule has 4 unspecified atom stereocenters. The molecule has 0 spiro atoms. The smallest absolute Gasteiger partial charge is 0.190 e. The summed E-state index contributed by atoms with van der Waals surface area (Å²) in [4.78, 5) is 81.0. The van der Waals surface area contributed by atoms with Crippen LogP contribution in [0.25, 0.3) is 0 Å². The van der Waals surface area contributed by atoms with E-state index in [0.29, 0.717) is 17.5 Å². The number of benzene rings is 1. The first-order chi connectivity index (χ1) is 19.8. The number of aromatic hydroxyl groups is 1. The molecule has 0 aromatic heterocycles. The van der Waals surface area contributed by atoms with E-state index >= 15 is 0 Å². The molecule has 0 amide bonds. The minimum absolute atomic E-state index is 0.00119. The van der Waals surface area contributed by atoms with Crippen molar-refractivity contribution in [2.75, 3.05) is 0 Å². The predicted octanol–water partition coefficient (Wildman–Crippen LogP) is 4.62. The highest BCUT2D eigenvalue weighted by Crippen LogP contribution is 2.64. The molecule has 0 aliphatic heterocycles. The minimum Gasteiger partial charge on any atom is -0.507 e. The van der Waals surface area contributed by atoms with Gasteiger partial charge in [-0.1, -0.05) is 61.5 Å². The summed E-state index contributed by atoms with van der Waals surface area (Å²) in [6.45, 7) is 15.9. The van der Waals surface area contributed by atoms with Gasteiger partial charge >= 0.3 is 0 Å². The molecule has 234 valence electrons. The third-order valence-corrected chi connectivity index (χ3v) is 10.6. The van der Waals surface area contributed by atoms with Crippen LogP contribution in [0.4, 0.5) is 0 Å². The highest BCUT2D eigenvalue weighted by atomic mass is 16.3. The Hall–Kier alpha value is -3.00. The second kappa shape index (κ2) is 10.9. The summed E-state index contributed by atoms with van der Waals surface area (Å²) < 4.78 is 0. The SMILES string of the molecule is CC(=O)C1C(=O)C(C(C)C)[C@@]2(C)C[C@@]3(C)Cc4c(C(C)C)cc(CC(C=O)CC(C)C)c(O)c4C(=O)C3C(=O)[C@@]2(O)C1=O. The number of carbonyl (C=O) groups excluding carboxylic acids is 6.